The van der Waals surface area contributed by atoms with Crippen LogP contribution in [-0.4, -0.2) is 45.7 Å². The van der Waals surface area contributed by atoms with Crippen molar-refractivity contribution in [1.29, 1.82) is 0 Å². The minimum Gasteiger partial charge on any atom is -0.483 e. The van der Waals surface area contributed by atoms with Crippen LogP contribution in [0.15, 0.2) is 36.4 Å². The van der Waals surface area contributed by atoms with Crippen LogP contribution in [0.1, 0.15) is 5.56 Å². The van der Waals surface area contributed by atoms with Gasteiger partial charge in [-0.05, 0) is 48.9 Å². The zero-order valence-corrected chi connectivity index (χ0v) is 17.0. The van der Waals surface area contributed by atoms with Gasteiger partial charge in [-0.1, -0.05) is 23.2 Å². The van der Waals surface area contributed by atoms with Crippen LogP contribution in [0.5, 0.6) is 5.75 Å². The van der Waals surface area contributed by atoms with Gasteiger partial charge in [-0.2, -0.15) is 0 Å². The Labute approximate surface area is 169 Å². The van der Waals surface area contributed by atoms with Gasteiger partial charge in [0.1, 0.15) is 5.75 Å². The zero-order chi connectivity index (χ0) is 19.4. The number of ether oxygens (including phenoxy) is 1. The van der Waals surface area contributed by atoms with Crippen molar-refractivity contribution >= 4 is 40.5 Å². The number of piperazine rings is 1. The molecular formula is C20H24Cl2N3O2+. The molecule has 1 amide bonds. The Balaban J connectivity index is 1.67. The molecule has 2 aromatic rings. The Kier molecular flexibility index (Phi) is 6.47. The molecular weight excluding hydrogens is 385 g/mol. The molecule has 2 aromatic carbocycles. The summed E-state index contributed by atoms with van der Waals surface area (Å²) in [6, 6.07) is 10.9. The highest BCUT2D eigenvalue weighted by Crippen LogP contribution is 2.29. The molecule has 0 spiro atoms. The van der Waals surface area contributed by atoms with E-state index in [0.717, 1.165) is 37.4 Å². The lowest BCUT2D eigenvalue weighted by Gasteiger charge is -2.33. The second kappa shape index (κ2) is 8.83. The minimum atomic E-state index is -0.229. The zero-order valence-electron chi connectivity index (χ0n) is 15.5. The average molecular weight is 409 g/mol. The molecule has 0 aromatic heterocycles. The van der Waals surface area contributed by atoms with E-state index in [1.165, 1.54) is 4.90 Å². The molecule has 0 unspecified atom stereocenters. The van der Waals surface area contributed by atoms with E-state index in [-0.39, 0.29) is 12.5 Å². The number of rotatable bonds is 5. The molecule has 7 heteroatoms. The molecule has 0 radical (unpaired) electrons. The Hall–Kier alpha value is -1.95. The first-order chi connectivity index (χ1) is 12.9. The summed E-state index contributed by atoms with van der Waals surface area (Å²) in [7, 11) is 2.19. The first-order valence-electron chi connectivity index (χ1n) is 8.97. The maximum atomic E-state index is 12.4. The summed E-state index contributed by atoms with van der Waals surface area (Å²) in [5.41, 5.74) is 2.59. The Bertz CT molecular complexity index is 821. The van der Waals surface area contributed by atoms with Crippen LogP contribution in [0.2, 0.25) is 10.0 Å². The molecule has 0 saturated carbocycles. The number of hydrogen-bond donors (Lipinski definition) is 2. The van der Waals surface area contributed by atoms with E-state index in [4.69, 9.17) is 27.9 Å². The first-order valence-corrected chi connectivity index (χ1v) is 9.72. The van der Waals surface area contributed by atoms with Crippen molar-refractivity contribution in [3.63, 3.8) is 0 Å². The van der Waals surface area contributed by atoms with Crippen LogP contribution in [-0.2, 0) is 4.79 Å². The molecule has 0 aliphatic carbocycles. The molecule has 3 rings (SSSR count). The van der Waals surface area contributed by atoms with Crippen molar-refractivity contribution in [1.82, 2.24) is 0 Å². The van der Waals surface area contributed by atoms with Crippen LogP contribution in [0.3, 0.4) is 0 Å². The van der Waals surface area contributed by atoms with Crippen LogP contribution in [0.25, 0.3) is 0 Å². The van der Waals surface area contributed by atoms with Gasteiger partial charge in [-0.3, -0.25) is 4.79 Å². The van der Waals surface area contributed by atoms with Crippen molar-refractivity contribution in [3.05, 3.63) is 52.0 Å². The molecule has 1 heterocycles. The van der Waals surface area contributed by atoms with Gasteiger partial charge in [0, 0.05) is 10.0 Å². The lowest BCUT2D eigenvalue weighted by atomic mass is 10.2. The number of aryl methyl sites for hydroxylation is 1. The molecule has 5 nitrogen and oxygen atoms in total. The number of likely N-dealkylation sites (N-methyl/N-ethyl adjacent to an activating group) is 1. The fourth-order valence-electron chi connectivity index (χ4n) is 3.12. The molecule has 27 heavy (non-hydrogen) atoms. The topological polar surface area (TPSA) is 46.0 Å². The lowest BCUT2D eigenvalue weighted by Crippen LogP contribution is -3.12. The third-order valence-electron chi connectivity index (χ3n) is 4.69. The fourth-order valence-corrected chi connectivity index (χ4v) is 3.52. The number of benzene rings is 2. The summed E-state index contributed by atoms with van der Waals surface area (Å²) in [5, 5.41) is 4.17. The molecule has 144 valence electrons. The molecule has 0 bridgehead atoms. The molecule has 0 atom stereocenters. The highest BCUT2D eigenvalue weighted by Gasteiger charge is 2.20. The van der Waals surface area contributed by atoms with E-state index >= 15 is 0 Å². The summed E-state index contributed by atoms with van der Waals surface area (Å²) < 4.78 is 5.63. The highest BCUT2D eigenvalue weighted by molar-refractivity contribution is 6.31. The summed E-state index contributed by atoms with van der Waals surface area (Å²) in [6.45, 7) is 5.82. The lowest BCUT2D eigenvalue weighted by molar-refractivity contribution is -0.880. The average Bonchev–Trinajstić information content (AvgIpc) is 2.62. The maximum absolute atomic E-state index is 12.4. The van der Waals surface area contributed by atoms with E-state index in [0.29, 0.717) is 21.5 Å². The minimum absolute atomic E-state index is 0.0820. The third-order valence-corrected chi connectivity index (χ3v) is 5.16. The second-order valence-electron chi connectivity index (χ2n) is 6.85. The van der Waals surface area contributed by atoms with E-state index in [1.54, 1.807) is 24.3 Å². The van der Waals surface area contributed by atoms with Gasteiger partial charge in [0.2, 0.25) is 0 Å². The maximum Gasteiger partial charge on any atom is 0.262 e. The van der Waals surface area contributed by atoms with Crippen LogP contribution in [0, 0.1) is 6.92 Å². The normalized spacial score (nSPS) is 14.9. The predicted octanol–water partition coefficient (Wildman–Crippen LogP) is 2.65. The summed E-state index contributed by atoms with van der Waals surface area (Å²) >= 11 is 12.1. The smallest absolute Gasteiger partial charge is 0.262 e. The monoisotopic (exact) mass is 408 g/mol. The Morgan fingerprint density at radius 1 is 1.15 bits per heavy atom. The second-order valence-corrected chi connectivity index (χ2v) is 7.73. The van der Waals surface area contributed by atoms with Crippen molar-refractivity contribution < 1.29 is 14.4 Å². The number of carbonyl (C=O) groups excluding carboxylic acids is 1. The molecule has 2 N–H and O–H groups in total. The number of quaternary nitrogens is 1. The van der Waals surface area contributed by atoms with Crippen LogP contribution in [0.4, 0.5) is 11.4 Å². The van der Waals surface area contributed by atoms with Crippen molar-refractivity contribution in [2.24, 2.45) is 0 Å². The quantitative estimate of drug-likeness (QED) is 0.799. The van der Waals surface area contributed by atoms with Gasteiger partial charge < -0.3 is 19.9 Å². The van der Waals surface area contributed by atoms with Crippen LogP contribution < -0.4 is 19.9 Å². The molecule has 1 saturated heterocycles. The van der Waals surface area contributed by atoms with Crippen molar-refractivity contribution in [2.75, 3.05) is 50.1 Å². The van der Waals surface area contributed by atoms with E-state index in [1.807, 2.05) is 19.1 Å². The van der Waals surface area contributed by atoms with Crippen molar-refractivity contribution in [2.45, 2.75) is 6.92 Å². The summed E-state index contributed by atoms with van der Waals surface area (Å²) in [4.78, 5) is 16.2. The number of halogens is 2. The molecule has 1 aliphatic rings. The summed E-state index contributed by atoms with van der Waals surface area (Å²) in [6.07, 6.45) is 0. The Morgan fingerprint density at radius 3 is 2.52 bits per heavy atom. The Morgan fingerprint density at radius 2 is 1.81 bits per heavy atom. The largest absolute Gasteiger partial charge is 0.483 e. The van der Waals surface area contributed by atoms with Crippen molar-refractivity contribution in [3.8, 4) is 5.75 Å². The fraction of sp³-hybridized carbons (Fsp3) is 0.350. The number of anilines is 2. The number of carbonyl (C=O) groups is 1. The number of hydrogen-bond acceptors (Lipinski definition) is 3. The van der Waals surface area contributed by atoms with Gasteiger partial charge in [-0.15, -0.1) is 0 Å². The standard InChI is InChI=1S/C20H23Cl2N3O2/c1-14-11-15(21)4-6-19(14)27-13-20(26)23-17-12-16(22)3-5-18(17)25-9-7-24(2)8-10-25/h3-6,11-12H,7-10,13H2,1-2H3,(H,23,26)/p+1. The van der Waals surface area contributed by atoms with Gasteiger partial charge in [0.15, 0.2) is 6.61 Å². The number of nitrogens with one attached hydrogen (secondary N) is 2. The SMILES string of the molecule is Cc1cc(Cl)ccc1OCC(=O)Nc1cc(Cl)ccc1N1CC[NH+](C)CC1. The number of nitrogens with zero attached hydrogens (tertiary/aromatic N) is 1. The third kappa shape index (κ3) is 5.28. The van der Waals surface area contributed by atoms with E-state index < -0.39 is 0 Å². The molecule has 1 aliphatic heterocycles. The number of amides is 1. The van der Waals surface area contributed by atoms with E-state index in [2.05, 4.69) is 17.3 Å². The first kappa shape index (κ1) is 19.8. The highest BCUT2D eigenvalue weighted by atomic mass is 35.5. The molecule has 1 fully saturated rings. The van der Waals surface area contributed by atoms with Gasteiger partial charge in [-0.25, -0.2) is 0 Å². The van der Waals surface area contributed by atoms with Crippen LogP contribution >= 0.6 is 23.2 Å². The van der Waals surface area contributed by atoms with Gasteiger partial charge >= 0.3 is 0 Å². The predicted molar refractivity (Wildman–Crippen MR) is 111 cm³/mol. The van der Waals surface area contributed by atoms with Gasteiger partial charge in [0.25, 0.3) is 5.91 Å². The van der Waals surface area contributed by atoms with Gasteiger partial charge in [0.05, 0.1) is 44.6 Å². The summed E-state index contributed by atoms with van der Waals surface area (Å²) in [5.74, 6) is 0.413. The van der Waals surface area contributed by atoms with E-state index in [9.17, 15) is 4.79 Å².